The van der Waals surface area contributed by atoms with Gasteiger partial charge in [-0.2, -0.15) is 0 Å². The summed E-state index contributed by atoms with van der Waals surface area (Å²) in [6, 6.07) is 4.95. The molecule has 0 aromatic heterocycles. The van der Waals surface area contributed by atoms with Gasteiger partial charge in [0.2, 0.25) is 5.91 Å². The maximum atomic E-state index is 12.7. The number of carboxylic acids is 1. The van der Waals surface area contributed by atoms with E-state index < -0.39 is 29.8 Å². The van der Waals surface area contributed by atoms with E-state index >= 15 is 0 Å². The van der Waals surface area contributed by atoms with E-state index in [0.717, 1.165) is 19.1 Å². The summed E-state index contributed by atoms with van der Waals surface area (Å²) in [6.07, 6.45) is -0.238. The second-order valence-electron chi connectivity index (χ2n) is 4.79. The van der Waals surface area contributed by atoms with Crippen molar-refractivity contribution in [1.29, 1.82) is 0 Å². The monoisotopic (exact) mass is 297 g/mol. The molecule has 6 nitrogen and oxygen atoms in total. The lowest BCUT2D eigenvalue weighted by Gasteiger charge is -2.18. The number of nitrogens with one attached hydrogen (secondary N) is 1. The first-order valence-corrected chi connectivity index (χ1v) is 6.23. The van der Waals surface area contributed by atoms with Crippen molar-refractivity contribution in [3.05, 3.63) is 35.6 Å². The Morgan fingerprint density at radius 1 is 1.19 bits per heavy atom. The van der Waals surface area contributed by atoms with Gasteiger partial charge < -0.3 is 15.5 Å². The maximum absolute atomic E-state index is 12.7. The molecule has 1 rings (SSSR count). The van der Waals surface area contributed by atoms with E-state index in [0.29, 0.717) is 5.56 Å². The third-order valence-corrected chi connectivity index (χ3v) is 2.84. The summed E-state index contributed by atoms with van der Waals surface area (Å²) < 4.78 is 12.7. The number of Topliss-reactive ketones (excluding diaryl/α,β-unsaturated/α-hetero) is 1. The van der Waals surface area contributed by atoms with Crippen molar-refractivity contribution in [2.75, 3.05) is 6.54 Å². The number of benzene rings is 1. The molecule has 0 aliphatic heterocycles. The Bertz CT molecular complexity index is 539. The van der Waals surface area contributed by atoms with Gasteiger partial charge in [-0.1, -0.05) is 0 Å². The molecule has 21 heavy (non-hydrogen) atoms. The number of carboxylic acid groups (broad SMARTS) is 1. The number of halogens is 1. The van der Waals surface area contributed by atoms with Crippen LogP contribution in [0.25, 0.3) is 0 Å². The van der Waals surface area contributed by atoms with Crippen molar-refractivity contribution < 1.29 is 29.0 Å². The van der Waals surface area contributed by atoms with E-state index in [1.54, 1.807) is 0 Å². The lowest BCUT2D eigenvalue weighted by molar-refractivity contribution is -0.156. The normalized spacial score (nSPS) is 13.3. The second kappa shape index (κ2) is 6.94. The van der Waals surface area contributed by atoms with Gasteiger partial charge in [-0.3, -0.25) is 9.59 Å². The molecule has 0 bridgehead atoms. The quantitative estimate of drug-likeness (QED) is 0.644. The molecule has 0 fully saturated rings. The third kappa shape index (κ3) is 5.31. The van der Waals surface area contributed by atoms with Crippen molar-refractivity contribution in [3.63, 3.8) is 0 Å². The molecule has 3 N–H and O–H groups in total. The fourth-order valence-electron chi connectivity index (χ4n) is 1.44. The van der Waals surface area contributed by atoms with Crippen LogP contribution in [-0.2, 0) is 9.59 Å². The smallest absolute Gasteiger partial charge is 0.337 e. The molecule has 1 aromatic carbocycles. The van der Waals surface area contributed by atoms with Crippen LogP contribution in [0.3, 0.4) is 0 Å². The van der Waals surface area contributed by atoms with Gasteiger partial charge in [0.25, 0.3) is 0 Å². The number of ketones is 1. The van der Waals surface area contributed by atoms with Crippen LogP contribution in [0, 0.1) is 5.82 Å². The van der Waals surface area contributed by atoms with E-state index in [2.05, 4.69) is 5.32 Å². The zero-order valence-electron chi connectivity index (χ0n) is 11.4. The molecule has 1 unspecified atom stereocenters. The highest BCUT2D eigenvalue weighted by atomic mass is 19.1. The summed E-state index contributed by atoms with van der Waals surface area (Å²) >= 11 is 0. The number of hydrogen-bond donors (Lipinski definition) is 3. The Balaban J connectivity index is 2.41. The topological polar surface area (TPSA) is 104 Å². The SMILES string of the molecule is CC(O)(CNC(=O)CCC(=O)c1ccc(F)cc1)C(=O)O. The van der Waals surface area contributed by atoms with Gasteiger partial charge in [0, 0.05) is 18.4 Å². The van der Waals surface area contributed by atoms with Crippen LogP contribution < -0.4 is 5.32 Å². The highest BCUT2D eigenvalue weighted by Crippen LogP contribution is 2.07. The molecule has 114 valence electrons. The lowest BCUT2D eigenvalue weighted by atomic mass is 10.1. The first kappa shape index (κ1) is 16.8. The molecule has 1 atom stereocenters. The Labute approximate surface area is 120 Å². The summed E-state index contributed by atoms with van der Waals surface area (Å²) in [5.41, 5.74) is -1.77. The number of carbonyl (C=O) groups is 3. The fourth-order valence-corrected chi connectivity index (χ4v) is 1.44. The molecule has 0 spiro atoms. The van der Waals surface area contributed by atoms with Gasteiger partial charge in [0.05, 0.1) is 6.54 Å². The molecule has 0 aliphatic rings. The fraction of sp³-hybridized carbons (Fsp3) is 0.357. The number of hydrogen-bond acceptors (Lipinski definition) is 4. The summed E-state index contributed by atoms with van der Waals surface area (Å²) in [4.78, 5) is 33.8. The van der Waals surface area contributed by atoms with Crippen LogP contribution in [0.1, 0.15) is 30.1 Å². The molecule has 1 aromatic rings. The average Bonchev–Trinajstić information content (AvgIpc) is 2.43. The number of rotatable bonds is 7. The number of carbonyl (C=O) groups excluding carboxylic acids is 2. The van der Waals surface area contributed by atoms with Crippen molar-refractivity contribution in [2.45, 2.75) is 25.4 Å². The predicted octanol–water partition coefficient (Wildman–Crippen LogP) is 0.740. The molecule has 1 amide bonds. The standard InChI is InChI=1S/C14H16FNO5/c1-14(21,13(19)20)8-16-12(18)7-6-11(17)9-2-4-10(15)5-3-9/h2-5,21H,6-8H2,1H3,(H,16,18)(H,19,20). The van der Waals surface area contributed by atoms with Gasteiger partial charge in [0.15, 0.2) is 11.4 Å². The molecule has 0 aliphatic carbocycles. The summed E-state index contributed by atoms with van der Waals surface area (Å²) in [5.74, 6) is -2.78. The Morgan fingerprint density at radius 3 is 2.29 bits per heavy atom. The van der Waals surface area contributed by atoms with E-state index in [1.165, 1.54) is 12.1 Å². The van der Waals surface area contributed by atoms with Crippen LogP contribution in [0.15, 0.2) is 24.3 Å². The molecule has 7 heteroatoms. The Kier molecular flexibility index (Phi) is 5.54. The highest BCUT2D eigenvalue weighted by molar-refractivity contribution is 5.97. The van der Waals surface area contributed by atoms with Gasteiger partial charge in [-0.25, -0.2) is 9.18 Å². The molecule has 0 saturated carbocycles. The predicted molar refractivity (Wildman–Crippen MR) is 71.2 cm³/mol. The van der Waals surface area contributed by atoms with E-state index in [9.17, 15) is 23.9 Å². The van der Waals surface area contributed by atoms with Crippen LogP contribution in [0.4, 0.5) is 4.39 Å². The highest BCUT2D eigenvalue weighted by Gasteiger charge is 2.30. The average molecular weight is 297 g/mol. The van der Waals surface area contributed by atoms with Crippen molar-refractivity contribution in [2.24, 2.45) is 0 Å². The molecule has 0 radical (unpaired) electrons. The zero-order chi connectivity index (χ0) is 16.0. The second-order valence-corrected chi connectivity index (χ2v) is 4.79. The van der Waals surface area contributed by atoms with E-state index in [1.807, 2.05) is 0 Å². The van der Waals surface area contributed by atoms with Crippen molar-refractivity contribution >= 4 is 17.7 Å². The van der Waals surface area contributed by atoms with Crippen LogP contribution in [0.2, 0.25) is 0 Å². The molecule has 0 heterocycles. The first-order valence-electron chi connectivity index (χ1n) is 6.23. The van der Waals surface area contributed by atoms with Crippen LogP contribution in [0.5, 0.6) is 0 Å². The molecular weight excluding hydrogens is 281 g/mol. The summed E-state index contributed by atoms with van der Waals surface area (Å²) in [6.45, 7) is 0.602. The van der Waals surface area contributed by atoms with Crippen molar-refractivity contribution in [3.8, 4) is 0 Å². The summed E-state index contributed by atoms with van der Waals surface area (Å²) in [7, 11) is 0. The first-order chi connectivity index (χ1) is 9.72. The van der Waals surface area contributed by atoms with Gasteiger partial charge >= 0.3 is 5.97 Å². The van der Waals surface area contributed by atoms with Crippen LogP contribution >= 0.6 is 0 Å². The van der Waals surface area contributed by atoms with E-state index in [4.69, 9.17) is 5.11 Å². The van der Waals surface area contributed by atoms with Gasteiger partial charge in [-0.15, -0.1) is 0 Å². The number of aliphatic hydroxyl groups is 1. The van der Waals surface area contributed by atoms with Crippen LogP contribution in [-0.4, -0.2) is 40.0 Å². The minimum absolute atomic E-state index is 0.0906. The summed E-state index contributed by atoms with van der Waals surface area (Å²) in [5, 5.41) is 20.3. The zero-order valence-corrected chi connectivity index (χ0v) is 11.4. The molecule has 0 saturated heterocycles. The Hall–Kier alpha value is -2.28. The van der Waals surface area contributed by atoms with E-state index in [-0.39, 0.29) is 18.6 Å². The Morgan fingerprint density at radius 2 is 1.76 bits per heavy atom. The lowest BCUT2D eigenvalue weighted by Crippen LogP contribution is -2.46. The minimum Gasteiger partial charge on any atom is -0.479 e. The van der Waals surface area contributed by atoms with Gasteiger partial charge in [0.1, 0.15) is 5.82 Å². The largest absolute Gasteiger partial charge is 0.479 e. The number of amides is 1. The maximum Gasteiger partial charge on any atom is 0.337 e. The minimum atomic E-state index is -2.06. The van der Waals surface area contributed by atoms with Gasteiger partial charge in [-0.05, 0) is 31.2 Å². The number of aliphatic carboxylic acids is 1. The third-order valence-electron chi connectivity index (χ3n) is 2.84. The molecular formula is C14H16FNO5. The van der Waals surface area contributed by atoms with Crippen molar-refractivity contribution in [1.82, 2.24) is 5.32 Å².